The maximum absolute atomic E-state index is 12.2. The van der Waals surface area contributed by atoms with Crippen LogP contribution in [0.25, 0.3) is 11.1 Å². The van der Waals surface area contributed by atoms with E-state index in [4.69, 9.17) is 0 Å². The van der Waals surface area contributed by atoms with Crippen molar-refractivity contribution in [1.82, 2.24) is 10.2 Å². The molecule has 1 N–H and O–H groups in total. The highest BCUT2D eigenvalue weighted by atomic mass is 32.2. The molecule has 3 aromatic rings. The van der Waals surface area contributed by atoms with Crippen molar-refractivity contribution >= 4 is 34.1 Å². The van der Waals surface area contributed by atoms with Crippen LogP contribution in [-0.2, 0) is 11.2 Å². The first-order valence-electron chi connectivity index (χ1n) is 8.04. The van der Waals surface area contributed by atoms with Crippen LogP contribution in [0.4, 0.5) is 5.13 Å². The van der Waals surface area contributed by atoms with E-state index in [1.54, 1.807) is 11.8 Å². The van der Waals surface area contributed by atoms with Gasteiger partial charge in [-0.25, -0.2) is 0 Å². The molecule has 0 radical (unpaired) electrons. The summed E-state index contributed by atoms with van der Waals surface area (Å²) in [6, 6.07) is 18.2. The van der Waals surface area contributed by atoms with Crippen LogP contribution in [0, 0.1) is 0 Å². The highest BCUT2D eigenvalue weighted by molar-refractivity contribution is 8.01. The van der Waals surface area contributed by atoms with Gasteiger partial charge in [0.25, 0.3) is 0 Å². The van der Waals surface area contributed by atoms with Crippen LogP contribution in [0.3, 0.4) is 0 Å². The second kappa shape index (κ2) is 8.27. The van der Waals surface area contributed by atoms with Gasteiger partial charge in [-0.2, -0.15) is 0 Å². The number of nitrogens with one attached hydrogen (secondary N) is 1. The average molecular weight is 370 g/mol. The average Bonchev–Trinajstić information content (AvgIpc) is 3.02. The molecular formula is C19H19N3OS2. The van der Waals surface area contributed by atoms with Gasteiger partial charge in [0.15, 0.2) is 4.34 Å². The Kier molecular flexibility index (Phi) is 5.83. The molecule has 0 fully saturated rings. The molecular weight excluding hydrogens is 350 g/mol. The Morgan fingerprint density at radius 3 is 2.40 bits per heavy atom. The third-order valence-corrected chi connectivity index (χ3v) is 5.34. The Balaban J connectivity index is 1.58. The summed E-state index contributed by atoms with van der Waals surface area (Å²) >= 11 is 3.05. The molecule has 1 heterocycles. The van der Waals surface area contributed by atoms with Gasteiger partial charge in [0.05, 0.1) is 6.42 Å². The lowest BCUT2D eigenvalue weighted by molar-refractivity contribution is -0.115. The second-order valence-electron chi connectivity index (χ2n) is 5.83. The van der Waals surface area contributed by atoms with Crippen LogP contribution in [0.1, 0.15) is 19.4 Å². The summed E-state index contributed by atoms with van der Waals surface area (Å²) in [4.78, 5) is 12.2. The normalized spacial score (nSPS) is 10.8. The molecule has 25 heavy (non-hydrogen) atoms. The lowest BCUT2D eigenvalue weighted by Crippen LogP contribution is -2.14. The second-order valence-corrected chi connectivity index (χ2v) is 8.63. The molecule has 0 bridgehead atoms. The number of thioether (sulfide) groups is 1. The van der Waals surface area contributed by atoms with Crippen LogP contribution in [0.2, 0.25) is 0 Å². The van der Waals surface area contributed by atoms with Crippen molar-refractivity contribution in [2.45, 2.75) is 29.9 Å². The summed E-state index contributed by atoms with van der Waals surface area (Å²) < 4.78 is 0.873. The Labute approximate surface area is 155 Å². The van der Waals surface area contributed by atoms with Gasteiger partial charge in [-0.1, -0.05) is 91.5 Å². The standard InChI is InChI=1S/C19H19N3OS2/c1-13(2)24-19-22-21-18(25-19)20-17(23)12-14-8-10-16(11-9-14)15-6-4-3-5-7-15/h3-11,13H,12H2,1-2H3,(H,20,21,23). The molecule has 0 aliphatic heterocycles. The molecule has 1 amide bonds. The number of anilines is 1. The van der Waals surface area contributed by atoms with Gasteiger partial charge in [-0.3, -0.25) is 4.79 Å². The number of nitrogens with zero attached hydrogens (tertiary/aromatic N) is 2. The Morgan fingerprint density at radius 1 is 1.04 bits per heavy atom. The maximum atomic E-state index is 12.2. The zero-order valence-corrected chi connectivity index (χ0v) is 15.7. The van der Waals surface area contributed by atoms with Crippen LogP contribution in [0.15, 0.2) is 58.9 Å². The van der Waals surface area contributed by atoms with Crippen molar-refractivity contribution in [3.63, 3.8) is 0 Å². The first-order chi connectivity index (χ1) is 12.1. The van der Waals surface area contributed by atoms with Crippen LogP contribution in [-0.4, -0.2) is 21.4 Å². The molecule has 0 aliphatic carbocycles. The molecule has 128 valence electrons. The zero-order valence-electron chi connectivity index (χ0n) is 14.1. The van der Waals surface area contributed by atoms with Gasteiger partial charge < -0.3 is 5.32 Å². The maximum Gasteiger partial charge on any atom is 0.230 e. The molecule has 2 aromatic carbocycles. The van der Waals surface area contributed by atoms with E-state index in [1.165, 1.54) is 16.9 Å². The van der Waals surface area contributed by atoms with E-state index in [0.717, 1.165) is 15.5 Å². The fourth-order valence-corrected chi connectivity index (χ4v) is 4.30. The van der Waals surface area contributed by atoms with Crippen molar-refractivity contribution in [2.75, 3.05) is 5.32 Å². The Bertz CT molecular complexity index is 829. The topological polar surface area (TPSA) is 54.9 Å². The summed E-state index contributed by atoms with van der Waals surface area (Å²) in [6.45, 7) is 4.20. The molecule has 0 saturated carbocycles. The van der Waals surface area contributed by atoms with Gasteiger partial charge in [-0.15, -0.1) is 10.2 Å². The van der Waals surface area contributed by atoms with Gasteiger partial charge in [0.1, 0.15) is 0 Å². The highest BCUT2D eigenvalue weighted by Gasteiger charge is 2.10. The van der Waals surface area contributed by atoms with E-state index < -0.39 is 0 Å². The number of aromatic nitrogens is 2. The molecule has 0 saturated heterocycles. The van der Waals surface area contributed by atoms with Crippen molar-refractivity contribution in [1.29, 1.82) is 0 Å². The minimum Gasteiger partial charge on any atom is -0.300 e. The number of carbonyl (C=O) groups is 1. The lowest BCUT2D eigenvalue weighted by atomic mass is 10.0. The molecule has 0 unspecified atom stereocenters. The summed E-state index contributed by atoms with van der Waals surface area (Å²) in [5.74, 6) is -0.0790. The number of hydrogen-bond acceptors (Lipinski definition) is 5. The quantitative estimate of drug-likeness (QED) is 0.497. The minimum atomic E-state index is -0.0790. The van der Waals surface area contributed by atoms with Crippen LogP contribution in [0.5, 0.6) is 0 Å². The van der Waals surface area contributed by atoms with E-state index >= 15 is 0 Å². The molecule has 3 rings (SSSR count). The Hall–Kier alpha value is -2.18. The minimum absolute atomic E-state index is 0.0790. The fraction of sp³-hybridized carbons (Fsp3) is 0.211. The smallest absolute Gasteiger partial charge is 0.230 e. The monoisotopic (exact) mass is 369 g/mol. The Morgan fingerprint density at radius 2 is 1.72 bits per heavy atom. The molecule has 0 atom stereocenters. The third kappa shape index (κ3) is 5.14. The van der Waals surface area contributed by atoms with Gasteiger partial charge >= 0.3 is 0 Å². The molecule has 6 heteroatoms. The number of amides is 1. The molecule has 0 spiro atoms. The summed E-state index contributed by atoms with van der Waals surface area (Å²) in [6.07, 6.45) is 0.321. The van der Waals surface area contributed by atoms with Crippen molar-refractivity contribution < 1.29 is 4.79 Å². The molecule has 0 aliphatic rings. The summed E-state index contributed by atoms with van der Waals surface area (Å²) in [7, 11) is 0. The lowest BCUT2D eigenvalue weighted by Gasteiger charge is -2.04. The van der Waals surface area contributed by atoms with E-state index in [0.29, 0.717) is 16.8 Å². The summed E-state index contributed by atoms with van der Waals surface area (Å²) in [5, 5.41) is 11.9. The third-order valence-electron chi connectivity index (χ3n) is 3.42. The van der Waals surface area contributed by atoms with Gasteiger partial charge in [-0.05, 0) is 16.7 Å². The van der Waals surface area contributed by atoms with Crippen molar-refractivity contribution in [3.8, 4) is 11.1 Å². The number of hydrogen-bond donors (Lipinski definition) is 1. The molecule has 1 aromatic heterocycles. The van der Waals surface area contributed by atoms with Gasteiger partial charge in [0.2, 0.25) is 11.0 Å². The largest absolute Gasteiger partial charge is 0.300 e. The predicted octanol–water partition coefficient (Wildman–Crippen LogP) is 4.89. The number of rotatable bonds is 6. The van der Waals surface area contributed by atoms with Crippen LogP contribution >= 0.6 is 23.1 Å². The van der Waals surface area contributed by atoms with Crippen molar-refractivity contribution in [2.24, 2.45) is 0 Å². The number of benzene rings is 2. The zero-order chi connectivity index (χ0) is 17.6. The first-order valence-corrected chi connectivity index (χ1v) is 9.74. The van der Waals surface area contributed by atoms with Gasteiger partial charge in [0, 0.05) is 5.25 Å². The highest BCUT2D eigenvalue weighted by Crippen LogP contribution is 2.28. The van der Waals surface area contributed by atoms with E-state index in [-0.39, 0.29) is 5.91 Å². The first kappa shape index (κ1) is 17.6. The fourth-order valence-electron chi connectivity index (χ4n) is 2.30. The SMILES string of the molecule is CC(C)Sc1nnc(NC(=O)Cc2ccc(-c3ccccc3)cc2)s1. The summed E-state index contributed by atoms with van der Waals surface area (Å²) in [5.41, 5.74) is 3.28. The number of carbonyl (C=O) groups excluding carboxylic acids is 1. The van der Waals surface area contributed by atoms with E-state index in [2.05, 4.69) is 41.5 Å². The predicted molar refractivity (Wildman–Crippen MR) is 105 cm³/mol. The molecule has 4 nitrogen and oxygen atoms in total. The van der Waals surface area contributed by atoms with E-state index in [1.807, 2.05) is 42.5 Å². The van der Waals surface area contributed by atoms with E-state index in [9.17, 15) is 4.79 Å². The van der Waals surface area contributed by atoms with Crippen LogP contribution < -0.4 is 5.32 Å². The van der Waals surface area contributed by atoms with Crippen molar-refractivity contribution in [3.05, 3.63) is 60.2 Å².